The molecular formula is C16H22Cl2N2O2. The fraction of sp³-hybridized carbons (Fsp3) is 0.500. The van der Waals surface area contributed by atoms with E-state index in [1.807, 2.05) is 6.07 Å². The molecule has 1 heterocycles. The number of hydrogen-bond donors (Lipinski definition) is 1. The average molecular weight is 345 g/mol. The molecule has 1 aliphatic heterocycles. The molecule has 6 heteroatoms. The summed E-state index contributed by atoms with van der Waals surface area (Å²) in [5.74, 6) is 0.717. The number of methoxy groups -OCH3 is 1. The van der Waals surface area contributed by atoms with E-state index < -0.39 is 0 Å². The van der Waals surface area contributed by atoms with E-state index in [4.69, 9.17) is 32.7 Å². The number of nitrogens with zero attached hydrogens (tertiary/aromatic N) is 1. The van der Waals surface area contributed by atoms with Gasteiger partial charge in [-0.2, -0.15) is 0 Å². The van der Waals surface area contributed by atoms with Crippen LogP contribution >= 0.6 is 23.2 Å². The van der Waals surface area contributed by atoms with Gasteiger partial charge in [0.1, 0.15) is 12.4 Å². The minimum Gasteiger partial charge on any atom is -0.487 e. The van der Waals surface area contributed by atoms with Crippen molar-refractivity contribution in [2.24, 2.45) is 0 Å². The van der Waals surface area contributed by atoms with E-state index in [2.05, 4.69) is 23.3 Å². The Bertz CT molecular complexity index is 535. The molecule has 0 aromatic heterocycles. The molecular weight excluding hydrogens is 323 g/mol. The Balaban J connectivity index is 1.81. The predicted octanol–water partition coefficient (Wildman–Crippen LogP) is 2.94. The molecule has 22 heavy (non-hydrogen) atoms. The zero-order valence-electron chi connectivity index (χ0n) is 13.0. The van der Waals surface area contributed by atoms with E-state index in [9.17, 15) is 0 Å². The molecule has 0 atom stereocenters. The van der Waals surface area contributed by atoms with Crippen LogP contribution in [0.3, 0.4) is 0 Å². The lowest BCUT2D eigenvalue weighted by molar-refractivity contribution is 0.161. The minimum absolute atomic E-state index is 0.556. The van der Waals surface area contributed by atoms with Crippen molar-refractivity contribution in [3.05, 3.63) is 33.3 Å². The Morgan fingerprint density at radius 3 is 2.91 bits per heavy atom. The van der Waals surface area contributed by atoms with Crippen LogP contribution in [0.2, 0.25) is 10.0 Å². The van der Waals surface area contributed by atoms with Gasteiger partial charge >= 0.3 is 0 Å². The van der Waals surface area contributed by atoms with Crippen molar-refractivity contribution < 1.29 is 9.47 Å². The monoisotopic (exact) mass is 344 g/mol. The molecule has 0 bridgehead atoms. The molecule has 0 unspecified atom stereocenters. The zero-order valence-corrected chi connectivity index (χ0v) is 14.5. The van der Waals surface area contributed by atoms with Crippen molar-refractivity contribution >= 4 is 29.3 Å². The lowest BCUT2D eigenvalue weighted by Gasteiger charge is -2.20. The largest absolute Gasteiger partial charge is 0.487 e. The maximum atomic E-state index is 6.13. The van der Waals surface area contributed by atoms with E-state index in [0.717, 1.165) is 38.3 Å². The van der Waals surface area contributed by atoms with Crippen molar-refractivity contribution in [3.63, 3.8) is 0 Å². The summed E-state index contributed by atoms with van der Waals surface area (Å²) in [5.41, 5.74) is 2.13. The lowest BCUT2D eigenvalue weighted by atomic mass is 10.1. The lowest BCUT2D eigenvalue weighted by Crippen LogP contribution is -2.32. The molecule has 4 nitrogen and oxygen atoms in total. The fourth-order valence-electron chi connectivity index (χ4n) is 2.25. The van der Waals surface area contributed by atoms with Crippen molar-refractivity contribution in [2.45, 2.75) is 0 Å². The van der Waals surface area contributed by atoms with Gasteiger partial charge in [0.2, 0.25) is 0 Å². The van der Waals surface area contributed by atoms with Gasteiger partial charge < -0.3 is 19.7 Å². The standard InChI is InChI=1S/C16H22Cl2N2O2/c1-20(5-6-21-2)4-3-19-10-12-7-13-8-14(17)9-15(18)16(13)22-11-12/h7-9,19H,3-6,10-11H2,1-2H3. The number of halogens is 2. The van der Waals surface area contributed by atoms with E-state index >= 15 is 0 Å². The van der Waals surface area contributed by atoms with E-state index in [1.54, 1.807) is 13.2 Å². The summed E-state index contributed by atoms with van der Waals surface area (Å²) in [5, 5.41) is 4.61. The molecule has 0 saturated carbocycles. The highest BCUT2D eigenvalue weighted by Crippen LogP contribution is 2.36. The first kappa shape index (κ1) is 17.6. The third-order valence-electron chi connectivity index (χ3n) is 3.50. The van der Waals surface area contributed by atoms with Crippen molar-refractivity contribution in [1.29, 1.82) is 0 Å². The van der Waals surface area contributed by atoms with E-state index in [1.165, 1.54) is 5.57 Å². The van der Waals surface area contributed by atoms with Crippen molar-refractivity contribution in [1.82, 2.24) is 10.2 Å². The Hall–Kier alpha value is -0.780. The van der Waals surface area contributed by atoms with Crippen LogP contribution < -0.4 is 10.1 Å². The first-order valence-electron chi connectivity index (χ1n) is 7.29. The summed E-state index contributed by atoms with van der Waals surface area (Å²) in [4.78, 5) is 2.23. The highest BCUT2D eigenvalue weighted by Gasteiger charge is 2.15. The average Bonchev–Trinajstić information content (AvgIpc) is 2.49. The topological polar surface area (TPSA) is 33.7 Å². The van der Waals surface area contributed by atoms with Gasteiger partial charge in [-0.1, -0.05) is 23.2 Å². The maximum absolute atomic E-state index is 6.13. The molecule has 122 valence electrons. The number of ether oxygens (including phenoxy) is 2. The third kappa shape index (κ3) is 5.14. The first-order valence-corrected chi connectivity index (χ1v) is 8.05. The van der Waals surface area contributed by atoms with Crippen LogP contribution in [-0.2, 0) is 4.74 Å². The Labute approximate surface area is 142 Å². The number of fused-ring (bicyclic) bond motifs is 1. The summed E-state index contributed by atoms with van der Waals surface area (Å²) < 4.78 is 10.8. The van der Waals surface area contributed by atoms with Crippen LogP contribution in [0.25, 0.3) is 6.08 Å². The van der Waals surface area contributed by atoms with Crippen LogP contribution in [-0.4, -0.2) is 58.5 Å². The molecule has 1 N–H and O–H groups in total. The summed E-state index contributed by atoms with van der Waals surface area (Å²) in [6, 6.07) is 3.58. The second-order valence-electron chi connectivity index (χ2n) is 5.37. The molecule has 0 fully saturated rings. The molecule has 0 spiro atoms. The first-order chi connectivity index (χ1) is 10.6. The second kappa shape index (κ2) is 8.75. The smallest absolute Gasteiger partial charge is 0.145 e. The summed E-state index contributed by atoms with van der Waals surface area (Å²) in [6.45, 7) is 4.94. The van der Waals surface area contributed by atoms with Gasteiger partial charge in [0.25, 0.3) is 0 Å². The normalized spacial score (nSPS) is 13.8. The highest BCUT2D eigenvalue weighted by atomic mass is 35.5. The molecule has 1 aromatic rings. The molecule has 0 saturated heterocycles. The van der Waals surface area contributed by atoms with Gasteiger partial charge in [-0.25, -0.2) is 0 Å². The Morgan fingerprint density at radius 2 is 2.14 bits per heavy atom. The van der Waals surface area contributed by atoms with E-state index in [0.29, 0.717) is 22.4 Å². The Kier molecular flexibility index (Phi) is 6.99. The van der Waals surface area contributed by atoms with Gasteiger partial charge in [-0.3, -0.25) is 0 Å². The fourth-order valence-corrected chi connectivity index (χ4v) is 2.81. The SMILES string of the molecule is COCCN(C)CCNCC1=Cc2cc(Cl)cc(Cl)c2OC1. The summed E-state index contributed by atoms with van der Waals surface area (Å²) in [7, 11) is 3.81. The van der Waals surface area contributed by atoms with Crippen LogP contribution in [0.4, 0.5) is 0 Å². The molecule has 0 radical (unpaired) electrons. The number of hydrogen-bond acceptors (Lipinski definition) is 4. The number of benzene rings is 1. The van der Waals surface area contributed by atoms with Crippen LogP contribution in [0.5, 0.6) is 5.75 Å². The second-order valence-corrected chi connectivity index (χ2v) is 6.21. The van der Waals surface area contributed by atoms with Gasteiger partial charge in [0, 0.05) is 43.9 Å². The molecule has 0 aliphatic carbocycles. The zero-order chi connectivity index (χ0) is 15.9. The number of rotatable bonds is 8. The van der Waals surface area contributed by atoms with Gasteiger partial charge in [-0.05, 0) is 30.8 Å². The van der Waals surface area contributed by atoms with Crippen LogP contribution in [0.1, 0.15) is 5.56 Å². The van der Waals surface area contributed by atoms with Crippen molar-refractivity contribution in [2.75, 3.05) is 53.6 Å². The minimum atomic E-state index is 0.556. The molecule has 1 aromatic carbocycles. The highest BCUT2D eigenvalue weighted by molar-refractivity contribution is 6.36. The van der Waals surface area contributed by atoms with Crippen LogP contribution in [0.15, 0.2) is 17.7 Å². The van der Waals surface area contributed by atoms with Gasteiger partial charge in [-0.15, -0.1) is 0 Å². The van der Waals surface area contributed by atoms with Gasteiger partial charge in [0.15, 0.2) is 0 Å². The summed E-state index contributed by atoms with van der Waals surface area (Å²) >= 11 is 12.2. The number of likely N-dealkylation sites (N-methyl/N-ethyl adjacent to an activating group) is 1. The molecule has 0 amide bonds. The maximum Gasteiger partial charge on any atom is 0.145 e. The predicted molar refractivity (Wildman–Crippen MR) is 92.2 cm³/mol. The summed E-state index contributed by atoms with van der Waals surface area (Å²) in [6.07, 6.45) is 2.10. The molecule has 1 aliphatic rings. The third-order valence-corrected chi connectivity index (χ3v) is 4.00. The molecule has 2 rings (SSSR count). The van der Waals surface area contributed by atoms with Gasteiger partial charge in [0.05, 0.1) is 11.6 Å². The Morgan fingerprint density at radius 1 is 1.32 bits per heavy atom. The van der Waals surface area contributed by atoms with E-state index in [-0.39, 0.29) is 0 Å². The number of nitrogens with one attached hydrogen (secondary N) is 1. The van der Waals surface area contributed by atoms with Crippen LogP contribution in [0, 0.1) is 0 Å². The van der Waals surface area contributed by atoms with Crippen molar-refractivity contribution in [3.8, 4) is 5.75 Å². The quantitative estimate of drug-likeness (QED) is 0.735.